The number of amides is 1. The highest BCUT2D eigenvalue weighted by atomic mass is 127. The zero-order chi connectivity index (χ0) is 17.5. The van der Waals surface area contributed by atoms with E-state index in [1.807, 2.05) is 34.6 Å². The zero-order valence-corrected chi connectivity index (χ0v) is 18.1. The molecule has 7 heteroatoms. The Hall–Kier alpha value is -0.730. The van der Waals surface area contributed by atoms with Gasteiger partial charge in [0, 0.05) is 6.54 Å². The van der Waals surface area contributed by atoms with Gasteiger partial charge < -0.3 is 21.1 Å². The van der Waals surface area contributed by atoms with E-state index >= 15 is 0 Å². The Bertz CT molecular complexity index is 413. The standard InChI is InChI=1S/C17H34N4O2.HI/c1-6-17(7-2,21-15(22)23-16(3,4)5)12-20-14(18)19-11-13-9-8-10-13;/h13H,6-12H2,1-5H3,(H,21,22)(H3,18,19,20);1H. The van der Waals surface area contributed by atoms with E-state index in [1.54, 1.807) is 0 Å². The Morgan fingerprint density at radius 1 is 1.25 bits per heavy atom. The summed E-state index contributed by atoms with van der Waals surface area (Å²) in [6.07, 6.45) is 4.99. The summed E-state index contributed by atoms with van der Waals surface area (Å²) in [5.41, 5.74) is 5.01. The Labute approximate surface area is 163 Å². The molecule has 1 fully saturated rings. The first-order valence-electron chi connectivity index (χ1n) is 8.74. The highest BCUT2D eigenvalue weighted by molar-refractivity contribution is 14.0. The maximum Gasteiger partial charge on any atom is 0.408 e. The van der Waals surface area contributed by atoms with Crippen LogP contribution in [0.15, 0.2) is 4.99 Å². The van der Waals surface area contributed by atoms with E-state index in [-0.39, 0.29) is 24.0 Å². The third-order valence-corrected chi connectivity index (χ3v) is 4.47. The van der Waals surface area contributed by atoms with Crippen LogP contribution in [0.5, 0.6) is 0 Å². The molecule has 0 saturated heterocycles. The fourth-order valence-electron chi connectivity index (χ4n) is 2.45. The number of ether oxygens (including phenoxy) is 1. The molecule has 6 nitrogen and oxygen atoms in total. The van der Waals surface area contributed by atoms with Crippen LogP contribution in [-0.2, 0) is 4.74 Å². The van der Waals surface area contributed by atoms with E-state index in [1.165, 1.54) is 19.3 Å². The van der Waals surface area contributed by atoms with Gasteiger partial charge in [-0.25, -0.2) is 4.79 Å². The molecule has 4 N–H and O–H groups in total. The molecule has 24 heavy (non-hydrogen) atoms. The van der Waals surface area contributed by atoms with Crippen LogP contribution >= 0.6 is 24.0 Å². The van der Waals surface area contributed by atoms with Crippen LogP contribution in [0.25, 0.3) is 0 Å². The fourth-order valence-corrected chi connectivity index (χ4v) is 2.45. The van der Waals surface area contributed by atoms with Gasteiger partial charge in [0.05, 0.1) is 12.1 Å². The number of nitrogens with zero attached hydrogens (tertiary/aromatic N) is 1. The summed E-state index contributed by atoms with van der Waals surface area (Å²) < 4.78 is 5.36. The van der Waals surface area contributed by atoms with Gasteiger partial charge in [-0.2, -0.15) is 0 Å². The predicted molar refractivity (Wildman–Crippen MR) is 110 cm³/mol. The monoisotopic (exact) mass is 454 g/mol. The van der Waals surface area contributed by atoms with Crippen LogP contribution in [0.1, 0.15) is 66.7 Å². The van der Waals surface area contributed by atoms with Crippen LogP contribution in [0, 0.1) is 5.92 Å². The normalized spacial score (nSPS) is 16.0. The van der Waals surface area contributed by atoms with Gasteiger partial charge in [0.15, 0.2) is 5.96 Å². The van der Waals surface area contributed by atoms with Crippen molar-refractivity contribution in [1.29, 1.82) is 0 Å². The van der Waals surface area contributed by atoms with Gasteiger partial charge in [-0.1, -0.05) is 20.3 Å². The van der Waals surface area contributed by atoms with Crippen molar-refractivity contribution < 1.29 is 9.53 Å². The molecular weight excluding hydrogens is 419 g/mol. The van der Waals surface area contributed by atoms with Crippen molar-refractivity contribution in [2.75, 3.05) is 13.1 Å². The molecule has 1 amide bonds. The van der Waals surface area contributed by atoms with Crippen molar-refractivity contribution in [3.8, 4) is 0 Å². The molecule has 142 valence electrons. The molecule has 0 aromatic heterocycles. The summed E-state index contributed by atoms with van der Waals surface area (Å²) in [5.74, 6) is 1.18. The van der Waals surface area contributed by atoms with Crippen molar-refractivity contribution in [2.45, 2.75) is 77.9 Å². The van der Waals surface area contributed by atoms with Crippen LogP contribution < -0.4 is 16.4 Å². The van der Waals surface area contributed by atoms with Crippen molar-refractivity contribution in [3.05, 3.63) is 0 Å². The number of alkyl carbamates (subject to hydrolysis) is 1. The van der Waals surface area contributed by atoms with E-state index in [9.17, 15) is 4.79 Å². The number of carbonyl (C=O) groups is 1. The van der Waals surface area contributed by atoms with Crippen LogP contribution in [0.2, 0.25) is 0 Å². The molecule has 1 aliphatic carbocycles. The maximum atomic E-state index is 12.1. The molecule has 1 saturated carbocycles. The molecule has 0 atom stereocenters. The van der Waals surface area contributed by atoms with Gasteiger partial charge in [-0.15, -0.1) is 24.0 Å². The number of hydrogen-bond acceptors (Lipinski definition) is 3. The SMILES string of the molecule is CCC(CC)(CN=C(N)NCC1CCC1)NC(=O)OC(C)(C)C.I. The van der Waals surface area contributed by atoms with Crippen LogP contribution in [0.3, 0.4) is 0 Å². The lowest BCUT2D eigenvalue weighted by atomic mass is 9.85. The average molecular weight is 454 g/mol. The molecule has 1 aliphatic rings. The number of halogens is 1. The van der Waals surface area contributed by atoms with E-state index in [4.69, 9.17) is 10.5 Å². The second kappa shape index (κ2) is 10.3. The summed E-state index contributed by atoms with van der Waals surface area (Å²) in [6.45, 7) is 11.0. The molecule has 0 bridgehead atoms. The first kappa shape index (κ1) is 23.3. The molecule has 0 aromatic carbocycles. The number of hydrogen-bond donors (Lipinski definition) is 3. The molecule has 1 rings (SSSR count). The Kier molecular flexibility index (Phi) is 9.99. The third kappa shape index (κ3) is 8.39. The maximum absolute atomic E-state index is 12.1. The second-order valence-electron chi connectivity index (χ2n) is 7.49. The lowest BCUT2D eigenvalue weighted by Crippen LogP contribution is -2.52. The number of carbonyl (C=O) groups excluding carboxylic acids is 1. The number of rotatable bonds is 7. The highest BCUT2D eigenvalue weighted by Crippen LogP contribution is 2.25. The van der Waals surface area contributed by atoms with Gasteiger partial charge in [0.2, 0.25) is 0 Å². The van der Waals surface area contributed by atoms with Gasteiger partial charge in [0.25, 0.3) is 0 Å². The number of nitrogens with one attached hydrogen (secondary N) is 2. The van der Waals surface area contributed by atoms with Crippen molar-refractivity contribution in [1.82, 2.24) is 10.6 Å². The van der Waals surface area contributed by atoms with Gasteiger partial charge in [-0.05, 0) is 52.4 Å². The molecule has 0 aliphatic heterocycles. The third-order valence-electron chi connectivity index (χ3n) is 4.47. The van der Waals surface area contributed by atoms with E-state index in [2.05, 4.69) is 15.6 Å². The number of aliphatic imine (C=N–C) groups is 1. The summed E-state index contributed by atoms with van der Waals surface area (Å²) in [5, 5.41) is 6.16. The number of nitrogens with two attached hydrogens (primary N) is 1. The minimum atomic E-state index is -0.510. The first-order valence-corrected chi connectivity index (χ1v) is 8.74. The van der Waals surface area contributed by atoms with Crippen molar-refractivity contribution in [3.63, 3.8) is 0 Å². The fraction of sp³-hybridized carbons (Fsp3) is 0.882. The van der Waals surface area contributed by atoms with Gasteiger partial charge >= 0.3 is 6.09 Å². The van der Waals surface area contributed by atoms with E-state index in [0.717, 1.165) is 25.3 Å². The molecule has 0 radical (unpaired) electrons. The van der Waals surface area contributed by atoms with Crippen LogP contribution in [0.4, 0.5) is 4.79 Å². The predicted octanol–water partition coefficient (Wildman–Crippen LogP) is 3.39. The Morgan fingerprint density at radius 3 is 2.25 bits per heavy atom. The van der Waals surface area contributed by atoms with Gasteiger partial charge in [0.1, 0.15) is 5.60 Å². The zero-order valence-electron chi connectivity index (χ0n) is 15.8. The van der Waals surface area contributed by atoms with Gasteiger partial charge in [-0.3, -0.25) is 4.99 Å². The molecular formula is C17H35IN4O2. The second-order valence-corrected chi connectivity index (χ2v) is 7.49. The topological polar surface area (TPSA) is 88.7 Å². The average Bonchev–Trinajstić information content (AvgIpc) is 2.40. The minimum absolute atomic E-state index is 0. The smallest absolute Gasteiger partial charge is 0.408 e. The van der Waals surface area contributed by atoms with Crippen molar-refractivity contribution >= 4 is 36.0 Å². The molecule has 0 heterocycles. The summed E-state index contributed by atoms with van der Waals surface area (Å²) >= 11 is 0. The molecule has 0 unspecified atom stereocenters. The highest BCUT2D eigenvalue weighted by Gasteiger charge is 2.30. The van der Waals surface area contributed by atoms with E-state index in [0.29, 0.717) is 12.5 Å². The lowest BCUT2D eigenvalue weighted by Gasteiger charge is -2.32. The minimum Gasteiger partial charge on any atom is -0.444 e. The quantitative estimate of drug-likeness (QED) is 0.313. The number of guanidine groups is 1. The molecule has 0 spiro atoms. The molecule has 0 aromatic rings. The van der Waals surface area contributed by atoms with Crippen molar-refractivity contribution in [2.24, 2.45) is 16.6 Å². The first-order chi connectivity index (χ1) is 10.7. The lowest BCUT2D eigenvalue weighted by molar-refractivity contribution is 0.0452. The Balaban J connectivity index is 0.00000529. The summed E-state index contributed by atoms with van der Waals surface area (Å²) in [6, 6.07) is 0. The Morgan fingerprint density at radius 2 is 1.83 bits per heavy atom. The largest absolute Gasteiger partial charge is 0.444 e. The summed E-state index contributed by atoms with van der Waals surface area (Å²) in [4.78, 5) is 16.5. The van der Waals surface area contributed by atoms with E-state index < -0.39 is 17.2 Å². The summed E-state index contributed by atoms with van der Waals surface area (Å²) in [7, 11) is 0. The van der Waals surface area contributed by atoms with Crippen LogP contribution in [-0.4, -0.2) is 36.3 Å².